The van der Waals surface area contributed by atoms with Crippen molar-refractivity contribution < 1.29 is 22.7 Å². The maximum Gasteiger partial charge on any atom is 0.308 e. The molecule has 0 aliphatic rings. The van der Waals surface area contributed by atoms with E-state index >= 15 is 0 Å². The number of sulfonamides is 1. The Kier molecular flexibility index (Phi) is 5.67. The first-order valence-electron chi connectivity index (χ1n) is 9.38. The predicted octanol–water partition coefficient (Wildman–Crippen LogP) is 4.43. The van der Waals surface area contributed by atoms with Crippen molar-refractivity contribution >= 4 is 38.4 Å². The number of aryl methyl sites for hydroxylation is 3. The number of hydrogen-bond donors (Lipinski definition) is 0. The van der Waals surface area contributed by atoms with Crippen molar-refractivity contribution in [2.75, 3.05) is 4.31 Å². The number of hydrogen-bond acceptors (Lipinski definition) is 5. The minimum atomic E-state index is -4.17. The molecule has 156 valence electrons. The van der Waals surface area contributed by atoms with Gasteiger partial charge in [-0.3, -0.25) is 9.59 Å². The van der Waals surface area contributed by atoms with Gasteiger partial charge in [-0.2, -0.15) is 0 Å². The van der Waals surface area contributed by atoms with Gasteiger partial charge in [0, 0.05) is 24.6 Å². The highest BCUT2D eigenvalue weighted by molar-refractivity contribution is 7.93. The second-order valence-electron chi connectivity index (χ2n) is 7.21. The second kappa shape index (κ2) is 7.91. The molecule has 30 heavy (non-hydrogen) atoms. The molecule has 7 heteroatoms. The Labute approximate surface area is 176 Å². The fourth-order valence-corrected chi connectivity index (χ4v) is 5.20. The summed E-state index contributed by atoms with van der Waals surface area (Å²) in [5, 5.41) is 1.01. The third-order valence-electron chi connectivity index (χ3n) is 4.93. The van der Waals surface area contributed by atoms with E-state index in [1.54, 1.807) is 43.3 Å². The highest BCUT2D eigenvalue weighted by Gasteiger charge is 2.32. The van der Waals surface area contributed by atoms with Gasteiger partial charge in [-0.05, 0) is 55.7 Å². The molecule has 6 nitrogen and oxygen atoms in total. The summed E-state index contributed by atoms with van der Waals surface area (Å²) in [4.78, 5) is 24.1. The number of anilines is 1. The van der Waals surface area contributed by atoms with Gasteiger partial charge in [0.05, 0.1) is 10.6 Å². The van der Waals surface area contributed by atoms with Crippen LogP contribution in [0.25, 0.3) is 10.8 Å². The fourth-order valence-electron chi connectivity index (χ4n) is 3.46. The number of benzene rings is 3. The molecule has 0 aromatic heterocycles. The summed E-state index contributed by atoms with van der Waals surface area (Å²) in [5.41, 5.74) is 2.55. The Bertz CT molecular complexity index is 1280. The van der Waals surface area contributed by atoms with E-state index in [2.05, 4.69) is 0 Å². The predicted molar refractivity (Wildman–Crippen MR) is 116 cm³/mol. The van der Waals surface area contributed by atoms with Gasteiger partial charge in [0.15, 0.2) is 0 Å². The number of ether oxygens (including phenoxy) is 1. The maximum absolute atomic E-state index is 13.6. The summed E-state index contributed by atoms with van der Waals surface area (Å²) in [7, 11) is -4.17. The molecule has 3 rings (SSSR count). The van der Waals surface area contributed by atoms with Gasteiger partial charge in [0.1, 0.15) is 5.75 Å². The number of carbonyl (C=O) groups is 2. The summed E-state index contributed by atoms with van der Waals surface area (Å²) in [6, 6.07) is 13.2. The van der Waals surface area contributed by atoms with Crippen LogP contribution in [0.5, 0.6) is 5.75 Å². The first-order valence-corrected chi connectivity index (χ1v) is 10.8. The SMILES string of the molecule is CC(=O)Oc1ccc(N(C(C)=O)S(=O)(=O)c2cc(C)c(C)cc2C)c2ccccc12. The minimum Gasteiger partial charge on any atom is -0.426 e. The summed E-state index contributed by atoms with van der Waals surface area (Å²) < 4.78 is 33.2. The van der Waals surface area contributed by atoms with Gasteiger partial charge >= 0.3 is 5.97 Å². The smallest absolute Gasteiger partial charge is 0.308 e. The molecule has 0 atom stereocenters. The lowest BCUT2D eigenvalue weighted by Crippen LogP contribution is -2.36. The topological polar surface area (TPSA) is 80.8 Å². The van der Waals surface area contributed by atoms with Crippen LogP contribution < -0.4 is 9.04 Å². The van der Waals surface area contributed by atoms with Crippen molar-refractivity contribution in [3.05, 3.63) is 65.2 Å². The van der Waals surface area contributed by atoms with Gasteiger partial charge in [-0.15, -0.1) is 0 Å². The van der Waals surface area contributed by atoms with Crippen LogP contribution in [-0.2, 0) is 19.6 Å². The lowest BCUT2D eigenvalue weighted by molar-refractivity contribution is -0.131. The Morgan fingerprint density at radius 2 is 1.43 bits per heavy atom. The van der Waals surface area contributed by atoms with Crippen LogP contribution in [0.4, 0.5) is 5.69 Å². The molecule has 0 aliphatic heterocycles. The van der Waals surface area contributed by atoms with Crippen molar-refractivity contribution in [1.82, 2.24) is 0 Å². The van der Waals surface area contributed by atoms with Crippen LogP contribution in [0.3, 0.4) is 0 Å². The highest BCUT2D eigenvalue weighted by Crippen LogP contribution is 2.37. The lowest BCUT2D eigenvalue weighted by atomic mass is 10.1. The molecule has 0 fully saturated rings. The molecule has 0 saturated carbocycles. The van der Waals surface area contributed by atoms with Crippen LogP contribution in [0.15, 0.2) is 53.4 Å². The third kappa shape index (κ3) is 3.80. The van der Waals surface area contributed by atoms with Gasteiger partial charge < -0.3 is 4.74 Å². The summed E-state index contributed by atoms with van der Waals surface area (Å²) in [5.74, 6) is -0.835. The summed E-state index contributed by atoms with van der Waals surface area (Å²) >= 11 is 0. The number of esters is 1. The van der Waals surface area contributed by atoms with E-state index in [0.29, 0.717) is 22.1 Å². The molecule has 1 amide bonds. The van der Waals surface area contributed by atoms with E-state index in [4.69, 9.17) is 4.74 Å². The minimum absolute atomic E-state index is 0.0777. The van der Waals surface area contributed by atoms with Crippen LogP contribution in [0.2, 0.25) is 0 Å². The Morgan fingerprint density at radius 3 is 2.03 bits per heavy atom. The summed E-state index contributed by atoms with van der Waals surface area (Å²) in [6.07, 6.45) is 0. The zero-order valence-corrected chi connectivity index (χ0v) is 18.3. The number of nitrogens with zero attached hydrogens (tertiary/aromatic N) is 1. The Balaban J connectivity index is 2.29. The molecule has 0 unspecified atom stereocenters. The molecule has 0 bridgehead atoms. The molecule has 0 N–H and O–H groups in total. The second-order valence-corrected chi connectivity index (χ2v) is 8.97. The third-order valence-corrected chi connectivity index (χ3v) is 6.86. The molecule has 0 radical (unpaired) electrons. The molecule has 0 aliphatic carbocycles. The van der Waals surface area contributed by atoms with E-state index in [1.165, 1.54) is 26.0 Å². The first kappa shape index (κ1) is 21.5. The lowest BCUT2D eigenvalue weighted by Gasteiger charge is -2.24. The van der Waals surface area contributed by atoms with E-state index in [9.17, 15) is 18.0 Å². The molecular weight excluding hydrogens is 402 g/mol. The first-order chi connectivity index (χ1) is 14.0. The van der Waals surface area contributed by atoms with Crippen LogP contribution in [-0.4, -0.2) is 20.3 Å². The Hall–Kier alpha value is -3.19. The number of rotatable bonds is 4. The highest BCUT2D eigenvalue weighted by atomic mass is 32.2. The quantitative estimate of drug-likeness (QED) is 0.456. The molecule has 0 saturated heterocycles. The monoisotopic (exact) mass is 425 g/mol. The molecule has 0 spiro atoms. The van der Waals surface area contributed by atoms with Gasteiger partial charge in [0.2, 0.25) is 5.91 Å². The van der Waals surface area contributed by atoms with E-state index in [-0.39, 0.29) is 10.6 Å². The standard InChI is InChI=1S/C23H23NO5S/c1-14-12-16(3)23(13-15(14)2)30(27,28)24(17(4)25)21-10-11-22(29-18(5)26)20-9-7-6-8-19(20)21/h6-13H,1-5H3. The fraction of sp³-hybridized carbons (Fsp3) is 0.217. The van der Waals surface area contributed by atoms with E-state index < -0.39 is 21.9 Å². The average Bonchev–Trinajstić information content (AvgIpc) is 2.65. The van der Waals surface area contributed by atoms with Crippen molar-refractivity contribution in [2.45, 2.75) is 39.5 Å². The average molecular weight is 426 g/mol. The zero-order valence-electron chi connectivity index (χ0n) is 17.5. The van der Waals surface area contributed by atoms with Crippen molar-refractivity contribution in [3.8, 4) is 5.75 Å². The molecule has 3 aromatic carbocycles. The van der Waals surface area contributed by atoms with E-state index in [0.717, 1.165) is 15.4 Å². The maximum atomic E-state index is 13.6. The van der Waals surface area contributed by atoms with E-state index in [1.807, 2.05) is 13.8 Å². The van der Waals surface area contributed by atoms with Crippen molar-refractivity contribution in [2.24, 2.45) is 0 Å². The van der Waals surface area contributed by atoms with Gasteiger partial charge in [-0.1, -0.05) is 30.3 Å². The molecular formula is C23H23NO5S. The molecule has 0 heterocycles. The number of fused-ring (bicyclic) bond motifs is 1. The van der Waals surface area contributed by atoms with Crippen LogP contribution in [0, 0.1) is 20.8 Å². The van der Waals surface area contributed by atoms with Gasteiger partial charge in [0.25, 0.3) is 10.0 Å². The Morgan fingerprint density at radius 1 is 0.833 bits per heavy atom. The van der Waals surface area contributed by atoms with Crippen molar-refractivity contribution in [3.63, 3.8) is 0 Å². The molecule has 3 aromatic rings. The van der Waals surface area contributed by atoms with Gasteiger partial charge in [-0.25, -0.2) is 12.7 Å². The number of amides is 1. The largest absolute Gasteiger partial charge is 0.426 e. The normalized spacial score (nSPS) is 11.4. The van der Waals surface area contributed by atoms with Crippen LogP contribution in [0.1, 0.15) is 30.5 Å². The van der Waals surface area contributed by atoms with Crippen molar-refractivity contribution in [1.29, 1.82) is 0 Å². The zero-order chi connectivity index (χ0) is 22.2. The summed E-state index contributed by atoms with van der Waals surface area (Å²) in [6.45, 7) is 7.94. The van der Waals surface area contributed by atoms with Crippen LogP contribution >= 0.6 is 0 Å². The number of carbonyl (C=O) groups excluding carboxylic acids is 2.